The van der Waals surface area contributed by atoms with Crippen molar-refractivity contribution in [2.75, 3.05) is 32.7 Å². The summed E-state index contributed by atoms with van der Waals surface area (Å²) in [5.41, 5.74) is -0.846. The Bertz CT molecular complexity index is 579. The first-order chi connectivity index (χ1) is 12.4. The summed E-state index contributed by atoms with van der Waals surface area (Å²) in [6.45, 7) is 9.26. The molecule has 0 aromatic carbocycles. The number of thiazole rings is 1. The molecule has 1 unspecified atom stereocenters. The van der Waals surface area contributed by atoms with Crippen LogP contribution in [-0.4, -0.2) is 48.6 Å². The topological polar surface area (TPSA) is 52.6 Å². The molecule has 156 valence electrons. The van der Waals surface area contributed by atoms with Crippen LogP contribution in [0.1, 0.15) is 43.8 Å². The summed E-state index contributed by atoms with van der Waals surface area (Å²) in [6.07, 6.45) is -0.801. The van der Waals surface area contributed by atoms with Crippen molar-refractivity contribution in [3.63, 3.8) is 0 Å². The van der Waals surface area contributed by atoms with Crippen LogP contribution in [0.15, 0.2) is 10.4 Å². The van der Waals surface area contributed by atoms with Gasteiger partial charge < -0.3 is 15.5 Å². The second kappa shape index (κ2) is 12.1. The summed E-state index contributed by atoms with van der Waals surface area (Å²) in [6, 6.07) is 0. The van der Waals surface area contributed by atoms with Gasteiger partial charge in [-0.25, -0.2) is 9.98 Å². The SMILES string of the molecule is CCNC(=NCc1nc(C(F)(F)F)cs1)NCCCN1CCCC(C)C1.I. The number of guanidine groups is 1. The van der Waals surface area contributed by atoms with Crippen LogP contribution < -0.4 is 10.6 Å². The van der Waals surface area contributed by atoms with E-state index in [1.54, 1.807) is 0 Å². The molecule has 1 aliphatic heterocycles. The number of likely N-dealkylation sites (tertiary alicyclic amines) is 1. The fourth-order valence-electron chi connectivity index (χ4n) is 3.00. The minimum absolute atomic E-state index is 0. The third-order valence-corrected chi connectivity index (χ3v) is 5.08. The number of rotatable bonds is 7. The Kier molecular flexibility index (Phi) is 10.9. The number of piperidine rings is 1. The van der Waals surface area contributed by atoms with Crippen molar-refractivity contribution >= 4 is 41.3 Å². The molecule has 0 aliphatic carbocycles. The average Bonchev–Trinajstić information content (AvgIpc) is 3.06. The van der Waals surface area contributed by atoms with Crippen LogP contribution in [0, 0.1) is 5.92 Å². The minimum Gasteiger partial charge on any atom is -0.357 e. The Labute approximate surface area is 180 Å². The van der Waals surface area contributed by atoms with Gasteiger partial charge >= 0.3 is 6.18 Å². The maximum Gasteiger partial charge on any atom is 0.434 e. The van der Waals surface area contributed by atoms with E-state index in [1.807, 2.05) is 6.92 Å². The number of hydrogen-bond acceptors (Lipinski definition) is 4. The summed E-state index contributed by atoms with van der Waals surface area (Å²) in [5, 5.41) is 7.75. The maximum atomic E-state index is 12.6. The highest BCUT2D eigenvalue weighted by Gasteiger charge is 2.33. The lowest BCUT2D eigenvalue weighted by molar-refractivity contribution is -0.140. The largest absolute Gasteiger partial charge is 0.434 e. The third kappa shape index (κ3) is 8.95. The van der Waals surface area contributed by atoms with Gasteiger partial charge in [-0.2, -0.15) is 13.2 Å². The summed E-state index contributed by atoms with van der Waals surface area (Å²) in [7, 11) is 0. The summed E-state index contributed by atoms with van der Waals surface area (Å²) in [4.78, 5) is 10.4. The van der Waals surface area contributed by atoms with Crippen LogP contribution in [0.5, 0.6) is 0 Å². The predicted molar refractivity (Wildman–Crippen MR) is 115 cm³/mol. The Morgan fingerprint density at radius 2 is 2.19 bits per heavy atom. The second-order valence-electron chi connectivity index (χ2n) is 6.65. The van der Waals surface area contributed by atoms with E-state index in [0.29, 0.717) is 17.5 Å². The van der Waals surface area contributed by atoms with Gasteiger partial charge in [0.1, 0.15) is 5.01 Å². The fraction of sp³-hybridized carbons (Fsp3) is 0.765. The van der Waals surface area contributed by atoms with Gasteiger partial charge in [-0.05, 0) is 45.2 Å². The van der Waals surface area contributed by atoms with E-state index in [4.69, 9.17) is 0 Å². The Balaban J connectivity index is 0.00000364. The van der Waals surface area contributed by atoms with Crippen molar-refractivity contribution in [3.8, 4) is 0 Å². The van der Waals surface area contributed by atoms with Gasteiger partial charge in [-0.3, -0.25) is 0 Å². The van der Waals surface area contributed by atoms with Gasteiger partial charge in [-0.15, -0.1) is 35.3 Å². The molecule has 1 aromatic rings. The zero-order valence-corrected chi connectivity index (χ0v) is 19.0. The van der Waals surface area contributed by atoms with E-state index >= 15 is 0 Å². The molecule has 10 heteroatoms. The molecule has 1 aliphatic rings. The van der Waals surface area contributed by atoms with E-state index in [1.165, 1.54) is 25.9 Å². The number of aliphatic imine (C=N–C) groups is 1. The summed E-state index contributed by atoms with van der Waals surface area (Å²) < 4.78 is 37.8. The van der Waals surface area contributed by atoms with Gasteiger partial charge in [0.2, 0.25) is 0 Å². The predicted octanol–water partition coefficient (Wildman–Crippen LogP) is 3.96. The molecule has 0 bridgehead atoms. The Hall–Kier alpha value is -0.620. The van der Waals surface area contributed by atoms with Crippen LogP contribution in [-0.2, 0) is 12.7 Å². The van der Waals surface area contributed by atoms with Crippen molar-refractivity contribution in [2.45, 2.75) is 45.8 Å². The lowest BCUT2D eigenvalue weighted by Crippen LogP contribution is -2.40. The van der Waals surface area contributed by atoms with Crippen LogP contribution in [0.3, 0.4) is 0 Å². The first-order valence-electron chi connectivity index (χ1n) is 9.14. The molecule has 2 rings (SSSR count). The third-order valence-electron chi connectivity index (χ3n) is 4.24. The number of aromatic nitrogens is 1. The molecule has 1 atom stereocenters. The summed E-state index contributed by atoms with van der Waals surface area (Å²) in [5.74, 6) is 1.39. The molecule has 1 fully saturated rings. The average molecular weight is 519 g/mol. The van der Waals surface area contributed by atoms with Crippen LogP contribution >= 0.6 is 35.3 Å². The second-order valence-corrected chi connectivity index (χ2v) is 7.59. The minimum atomic E-state index is -4.40. The van der Waals surface area contributed by atoms with Crippen LogP contribution in [0.25, 0.3) is 0 Å². The Morgan fingerprint density at radius 1 is 1.41 bits per heavy atom. The zero-order valence-electron chi connectivity index (χ0n) is 15.8. The van der Waals surface area contributed by atoms with Gasteiger partial charge in [0, 0.05) is 25.0 Å². The van der Waals surface area contributed by atoms with Crippen molar-refractivity contribution in [2.24, 2.45) is 10.9 Å². The maximum absolute atomic E-state index is 12.6. The highest BCUT2D eigenvalue weighted by atomic mass is 127. The molecule has 0 saturated carbocycles. The van der Waals surface area contributed by atoms with E-state index in [-0.39, 0.29) is 30.5 Å². The number of halogens is 4. The highest BCUT2D eigenvalue weighted by Crippen LogP contribution is 2.30. The Morgan fingerprint density at radius 3 is 2.81 bits per heavy atom. The molecule has 0 radical (unpaired) electrons. The van der Waals surface area contributed by atoms with Crippen LogP contribution in [0.2, 0.25) is 0 Å². The molecule has 2 N–H and O–H groups in total. The number of alkyl halides is 3. The molecule has 0 spiro atoms. The monoisotopic (exact) mass is 519 g/mol. The smallest absolute Gasteiger partial charge is 0.357 e. The van der Waals surface area contributed by atoms with Crippen molar-refractivity contribution in [1.29, 1.82) is 0 Å². The van der Waals surface area contributed by atoms with E-state index < -0.39 is 11.9 Å². The number of hydrogen-bond donors (Lipinski definition) is 2. The molecule has 1 aromatic heterocycles. The standard InChI is InChI=1S/C17H28F3N5S.HI/c1-3-21-16(22-7-5-9-25-8-4-6-13(2)11-25)23-10-15-24-14(12-26-15)17(18,19)20;/h12-13H,3-11H2,1-2H3,(H2,21,22,23);1H. The van der Waals surface area contributed by atoms with Gasteiger partial charge in [0.15, 0.2) is 11.7 Å². The lowest BCUT2D eigenvalue weighted by Gasteiger charge is -2.30. The van der Waals surface area contributed by atoms with Gasteiger partial charge in [-0.1, -0.05) is 6.92 Å². The van der Waals surface area contributed by atoms with Gasteiger partial charge in [0.25, 0.3) is 0 Å². The lowest BCUT2D eigenvalue weighted by atomic mass is 10.0. The number of nitrogens with zero attached hydrogens (tertiary/aromatic N) is 3. The van der Waals surface area contributed by atoms with Crippen LogP contribution in [0.4, 0.5) is 13.2 Å². The highest BCUT2D eigenvalue weighted by molar-refractivity contribution is 14.0. The quantitative estimate of drug-likeness (QED) is 0.248. The zero-order chi connectivity index (χ0) is 19.0. The van der Waals surface area contributed by atoms with Crippen molar-refractivity contribution in [3.05, 3.63) is 16.1 Å². The van der Waals surface area contributed by atoms with E-state index in [2.05, 4.69) is 32.4 Å². The molecule has 27 heavy (non-hydrogen) atoms. The molecule has 2 heterocycles. The first-order valence-corrected chi connectivity index (χ1v) is 10.0. The van der Waals surface area contributed by atoms with Gasteiger partial charge in [0.05, 0.1) is 6.54 Å². The summed E-state index contributed by atoms with van der Waals surface area (Å²) >= 11 is 0.983. The van der Waals surface area contributed by atoms with E-state index in [9.17, 15) is 13.2 Å². The fourth-order valence-corrected chi connectivity index (χ4v) is 3.73. The molecule has 5 nitrogen and oxygen atoms in total. The normalized spacial score (nSPS) is 18.9. The van der Waals surface area contributed by atoms with Crippen molar-refractivity contribution < 1.29 is 13.2 Å². The first kappa shape index (κ1) is 24.4. The molecule has 1 saturated heterocycles. The number of nitrogens with one attached hydrogen (secondary N) is 2. The molecular formula is C17H29F3IN5S. The molecular weight excluding hydrogens is 490 g/mol. The van der Waals surface area contributed by atoms with Crippen molar-refractivity contribution in [1.82, 2.24) is 20.5 Å². The molecule has 0 amide bonds. The van der Waals surface area contributed by atoms with E-state index in [0.717, 1.165) is 42.1 Å².